The second-order valence-corrected chi connectivity index (χ2v) is 4.70. The molecule has 82 valence electrons. The van der Waals surface area contributed by atoms with Crippen LogP contribution in [0.5, 0.6) is 5.75 Å². The predicted molar refractivity (Wildman–Crippen MR) is 65.6 cm³/mol. The summed E-state index contributed by atoms with van der Waals surface area (Å²) in [5.74, 6) is 0.585. The predicted octanol–water partition coefficient (Wildman–Crippen LogP) is 3.68. The Bertz CT molecular complexity index is 364. The van der Waals surface area contributed by atoms with Crippen LogP contribution in [-0.2, 0) is 0 Å². The smallest absolute Gasteiger partial charge is 0.138 e. The number of hydrogen-bond donors (Lipinski definition) is 1. The number of aliphatic hydroxyl groups is 1. The number of rotatable bonds is 4. The monoisotopic (exact) mass is 290 g/mol. The van der Waals surface area contributed by atoms with Gasteiger partial charge in [0.25, 0.3) is 0 Å². The van der Waals surface area contributed by atoms with Gasteiger partial charge in [-0.3, -0.25) is 0 Å². The quantitative estimate of drug-likeness (QED) is 0.917. The Morgan fingerprint density at radius 3 is 2.80 bits per heavy atom. The van der Waals surface area contributed by atoms with Crippen LogP contribution >= 0.6 is 27.5 Å². The van der Waals surface area contributed by atoms with Crippen molar-refractivity contribution in [3.8, 4) is 5.75 Å². The standard InChI is InChI=1S/C11H12BrClO2/c1-7(12)6-15-11-4-3-9(8(2)14)5-10(11)13/h3-5,8,14H,1,6H2,2H3/t8-/m0/s1. The molecule has 0 radical (unpaired) electrons. The van der Waals surface area contributed by atoms with Crippen molar-refractivity contribution in [1.29, 1.82) is 0 Å². The van der Waals surface area contributed by atoms with Gasteiger partial charge in [0, 0.05) is 4.48 Å². The van der Waals surface area contributed by atoms with E-state index in [9.17, 15) is 5.11 Å². The second-order valence-electron chi connectivity index (χ2n) is 3.17. The number of hydrogen-bond acceptors (Lipinski definition) is 2. The van der Waals surface area contributed by atoms with Crippen LogP contribution in [-0.4, -0.2) is 11.7 Å². The van der Waals surface area contributed by atoms with E-state index in [1.165, 1.54) is 0 Å². The minimum Gasteiger partial charge on any atom is -0.487 e. The number of ether oxygens (including phenoxy) is 1. The van der Waals surface area contributed by atoms with Gasteiger partial charge < -0.3 is 9.84 Å². The average Bonchev–Trinajstić information content (AvgIpc) is 2.15. The largest absolute Gasteiger partial charge is 0.487 e. The molecule has 0 aromatic heterocycles. The van der Waals surface area contributed by atoms with Crippen molar-refractivity contribution in [1.82, 2.24) is 0 Å². The molecular weight excluding hydrogens is 279 g/mol. The minimum atomic E-state index is -0.525. The van der Waals surface area contributed by atoms with Gasteiger partial charge in [0.1, 0.15) is 12.4 Å². The van der Waals surface area contributed by atoms with Gasteiger partial charge in [-0.2, -0.15) is 0 Å². The lowest BCUT2D eigenvalue weighted by molar-refractivity contribution is 0.199. The van der Waals surface area contributed by atoms with Crippen molar-refractivity contribution in [3.63, 3.8) is 0 Å². The molecule has 0 bridgehead atoms. The molecule has 1 rings (SSSR count). The molecule has 1 atom stereocenters. The number of aliphatic hydroxyl groups excluding tert-OH is 1. The summed E-state index contributed by atoms with van der Waals surface area (Å²) in [7, 11) is 0. The highest BCUT2D eigenvalue weighted by Gasteiger charge is 2.06. The summed E-state index contributed by atoms with van der Waals surface area (Å²) in [6.45, 7) is 5.71. The summed E-state index contributed by atoms with van der Waals surface area (Å²) in [6, 6.07) is 5.21. The highest BCUT2D eigenvalue weighted by molar-refractivity contribution is 9.11. The molecule has 0 aliphatic rings. The lowest BCUT2D eigenvalue weighted by atomic mass is 10.1. The molecule has 0 fully saturated rings. The molecule has 1 N–H and O–H groups in total. The molecule has 4 heteroatoms. The highest BCUT2D eigenvalue weighted by atomic mass is 79.9. The molecule has 1 aromatic carbocycles. The molecule has 0 amide bonds. The van der Waals surface area contributed by atoms with Crippen LogP contribution in [0.1, 0.15) is 18.6 Å². The molecular formula is C11H12BrClO2. The lowest BCUT2D eigenvalue weighted by Gasteiger charge is -2.10. The Hall–Kier alpha value is -0.510. The van der Waals surface area contributed by atoms with E-state index in [-0.39, 0.29) is 0 Å². The maximum absolute atomic E-state index is 9.34. The first kappa shape index (κ1) is 12.6. The van der Waals surface area contributed by atoms with E-state index in [1.807, 2.05) is 0 Å². The van der Waals surface area contributed by atoms with Gasteiger partial charge in [-0.15, -0.1) is 0 Å². The Labute approximate surface area is 103 Å². The van der Waals surface area contributed by atoms with Gasteiger partial charge in [-0.1, -0.05) is 40.2 Å². The topological polar surface area (TPSA) is 29.5 Å². The van der Waals surface area contributed by atoms with Crippen LogP contribution < -0.4 is 4.74 Å². The molecule has 0 aliphatic carbocycles. The molecule has 0 spiro atoms. The fourth-order valence-electron chi connectivity index (χ4n) is 1.05. The summed E-state index contributed by atoms with van der Waals surface area (Å²) in [6.07, 6.45) is -0.525. The first-order valence-electron chi connectivity index (χ1n) is 4.44. The third kappa shape index (κ3) is 3.86. The van der Waals surface area contributed by atoms with Crippen LogP contribution in [0, 0.1) is 0 Å². The van der Waals surface area contributed by atoms with E-state index in [1.54, 1.807) is 25.1 Å². The van der Waals surface area contributed by atoms with Crippen molar-refractivity contribution in [2.75, 3.05) is 6.61 Å². The van der Waals surface area contributed by atoms with E-state index < -0.39 is 6.10 Å². The van der Waals surface area contributed by atoms with E-state index in [0.29, 0.717) is 17.4 Å². The van der Waals surface area contributed by atoms with E-state index in [4.69, 9.17) is 16.3 Å². The molecule has 0 aliphatic heterocycles. The lowest BCUT2D eigenvalue weighted by Crippen LogP contribution is -1.98. The summed E-state index contributed by atoms with van der Waals surface area (Å²) < 4.78 is 6.12. The average molecular weight is 292 g/mol. The van der Waals surface area contributed by atoms with Crippen molar-refractivity contribution < 1.29 is 9.84 Å². The Kier molecular flexibility index (Phi) is 4.64. The summed E-state index contributed by atoms with van der Waals surface area (Å²) in [5, 5.41) is 9.82. The van der Waals surface area contributed by atoms with Crippen LogP contribution in [0.25, 0.3) is 0 Å². The van der Waals surface area contributed by atoms with Crippen molar-refractivity contribution in [2.24, 2.45) is 0 Å². The van der Waals surface area contributed by atoms with Crippen LogP contribution in [0.4, 0.5) is 0 Å². The summed E-state index contributed by atoms with van der Waals surface area (Å²) in [5.41, 5.74) is 0.769. The molecule has 0 unspecified atom stereocenters. The van der Waals surface area contributed by atoms with Gasteiger partial charge in [0.15, 0.2) is 0 Å². The molecule has 0 saturated carbocycles. The second kappa shape index (κ2) is 5.54. The minimum absolute atomic E-state index is 0.369. The third-order valence-corrected chi connectivity index (χ3v) is 2.35. The zero-order valence-electron chi connectivity index (χ0n) is 8.34. The normalized spacial score (nSPS) is 12.3. The molecule has 2 nitrogen and oxygen atoms in total. The van der Waals surface area contributed by atoms with Crippen LogP contribution in [0.2, 0.25) is 5.02 Å². The highest BCUT2D eigenvalue weighted by Crippen LogP contribution is 2.28. The van der Waals surface area contributed by atoms with Crippen molar-refractivity contribution in [3.05, 3.63) is 39.8 Å². The fraction of sp³-hybridized carbons (Fsp3) is 0.273. The van der Waals surface area contributed by atoms with Gasteiger partial charge in [0.2, 0.25) is 0 Å². The van der Waals surface area contributed by atoms with E-state index >= 15 is 0 Å². The fourth-order valence-corrected chi connectivity index (χ4v) is 1.41. The Morgan fingerprint density at radius 2 is 2.33 bits per heavy atom. The molecule has 0 saturated heterocycles. The first-order chi connectivity index (χ1) is 7.00. The van der Waals surface area contributed by atoms with E-state index in [0.717, 1.165) is 10.0 Å². The number of benzene rings is 1. The van der Waals surface area contributed by atoms with Crippen LogP contribution in [0.3, 0.4) is 0 Å². The zero-order chi connectivity index (χ0) is 11.4. The van der Waals surface area contributed by atoms with E-state index in [2.05, 4.69) is 22.5 Å². The zero-order valence-corrected chi connectivity index (χ0v) is 10.7. The Balaban J connectivity index is 2.79. The maximum Gasteiger partial charge on any atom is 0.138 e. The van der Waals surface area contributed by atoms with Gasteiger partial charge in [0.05, 0.1) is 11.1 Å². The molecule has 15 heavy (non-hydrogen) atoms. The van der Waals surface area contributed by atoms with Crippen molar-refractivity contribution in [2.45, 2.75) is 13.0 Å². The first-order valence-corrected chi connectivity index (χ1v) is 5.61. The Morgan fingerprint density at radius 1 is 1.67 bits per heavy atom. The van der Waals surface area contributed by atoms with Gasteiger partial charge in [-0.05, 0) is 24.6 Å². The SMILES string of the molecule is C=C(Br)COc1ccc([C@H](C)O)cc1Cl. The van der Waals surface area contributed by atoms with Crippen molar-refractivity contribution >= 4 is 27.5 Å². The van der Waals surface area contributed by atoms with Crippen LogP contribution in [0.15, 0.2) is 29.3 Å². The van der Waals surface area contributed by atoms with Gasteiger partial charge in [-0.25, -0.2) is 0 Å². The third-order valence-electron chi connectivity index (χ3n) is 1.82. The molecule has 1 aromatic rings. The summed E-state index contributed by atoms with van der Waals surface area (Å²) >= 11 is 9.17. The van der Waals surface area contributed by atoms with Gasteiger partial charge >= 0.3 is 0 Å². The molecule has 0 heterocycles. The summed E-state index contributed by atoms with van der Waals surface area (Å²) in [4.78, 5) is 0. The number of halogens is 2. The maximum atomic E-state index is 9.34.